The molecule has 37 heavy (non-hydrogen) atoms. The van der Waals surface area contributed by atoms with Gasteiger partial charge in [0.05, 0.1) is 18.4 Å². The van der Waals surface area contributed by atoms with E-state index in [2.05, 4.69) is 15.4 Å². The number of amides is 1. The minimum absolute atomic E-state index is 0.0589. The Bertz CT molecular complexity index is 1530. The zero-order valence-electron chi connectivity index (χ0n) is 20.3. The van der Waals surface area contributed by atoms with Crippen LogP contribution in [0.25, 0.3) is 44.5 Å². The van der Waals surface area contributed by atoms with Gasteiger partial charge in [-0.25, -0.2) is 18.4 Å². The number of fused-ring (bicyclic) bond motifs is 1. The predicted octanol–water partition coefficient (Wildman–Crippen LogP) is 6.02. The third-order valence-corrected chi connectivity index (χ3v) is 6.13. The first kappa shape index (κ1) is 24.2. The van der Waals surface area contributed by atoms with Crippen LogP contribution in [-0.2, 0) is 11.3 Å². The standard InChI is InChI=1S/C29H25F2N5O/c1-2-14-33-25(37)13-17-36-29-24(18-34-36)26(19-3-7-22(30)8-4-19)27(20-11-15-32-16-12-20)28(35-29)21-5-9-23(31)10-6-21/h3-12,15-16,18H,2,13-14,17H2,1H3,(H,33,37). The van der Waals surface area contributed by atoms with E-state index in [-0.39, 0.29) is 24.0 Å². The summed E-state index contributed by atoms with van der Waals surface area (Å²) < 4.78 is 29.4. The normalized spacial score (nSPS) is 11.1. The molecule has 0 bridgehead atoms. The van der Waals surface area contributed by atoms with Gasteiger partial charge in [-0.1, -0.05) is 19.1 Å². The molecule has 0 radical (unpaired) electrons. The number of nitrogens with one attached hydrogen (secondary N) is 1. The Morgan fingerprint density at radius 1 is 0.865 bits per heavy atom. The largest absolute Gasteiger partial charge is 0.356 e. The summed E-state index contributed by atoms with van der Waals surface area (Å²) in [5, 5.41) is 8.21. The molecule has 0 aliphatic heterocycles. The van der Waals surface area contributed by atoms with Crippen molar-refractivity contribution in [2.24, 2.45) is 0 Å². The van der Waals surface area contributed by atoms with E-state index in [4.69, 9.17) is 4.98 Å². The minimum atomic E-state index is -0.350. The number of hydrogen-bond donors (Lipinski definition) is 1. The third kappa shape index (κ3) is 5.09. The molecule has 1 amide bonds. The van der Waals surface area contributed by atoms with E-state index in [9.17, 15) is 13.6 Å². The van der Waals surface area contributed by atoms with E-state index in [1.54, 1.807) is 47.5 Å². The van der Waals surface area contributed by atoms with Gasteiger partial charge in [0.1, 0.15) is 11.6 Å². The molecule has 0 aliphatic carbocycles. The Kier molecular flexibility index (Phi) is 6.98. The highest BCUT2D eigenvalue weighted by atomic mass is 19.1. The van der Waals surface area contributed by atoms with Gasteiger partial charge >= 0.3 is 0 Å². The highest BCUT2D eigenvalue weighted by molar-refractivity contribution is 6.06. The van der Waals surface area contributed by atoms with Crippen molar-refractivity contribution in [1.82, 2.24) is 25.1 Å². The molecule has 2 aromatic carbocycles. The SMILES string of the molecule is CCCNC(=O)CCn1ncc2c(-c3ccc(F)cc3)c(-c3ccncc3)c(-c3ccc(F)cc3)nc21. The van der Waals surface area contributed by atoms with Gasteiger partial charge in [0, 0.05) is 47.4 Å². The van der Waals surface area contributed by atoms with Gasteiger partial charge in [0.2, 0.25) is 5.91 Å². The van der Waals surface area contributed by atoms with Crippen LogP contribution in [0.2, 0.25) is 0 Å². The summed E-state index contributed by atoms with van der Waals surface area (Å²) in [4.78, 5) is 21.4. The molecule has 0 fully saturated rings. The van der Waals surface area contributed by atoms with E-state index in [1.165, 1.54) is 24.3 Å². The maximum atomic E-state index is 13.9. The first-order valence-corrected chi connectivity index (χ1v) is 12.1. The number of aromatic nitrogens is 4. The molecule has 6 nitrogen and oxygen atoms in total. The number of aryl methyl sites for hydroxylation is 1. The number of hydrogen-bond acceptors (Lipinski definition) is 4. The molecule has 5 aromatic rings. The van der Waals surface area contributed by atoms with Crippen LogP contribution < -0.4 is 5.32 Å². The number of pyridine rings is 2. The molecule has 0 unspecified atom stereocenters. The second-order valence-electron chi connectivity index (χ2n) is 8.67. The summed E-state index contributed by atoms with van der Waals surface area (Å²) in [5.41, 5.74) is 5.17. The van der Waals surface area contributed by atoms with Gasteiger partial charge in [0.25, 0.3) is 0 Å². The molecule has 0 spiro atoms. The Hall–Kier alpha value is -4.46. The van der Waals surface area contributed by atoms with Crippen LogP contribution in [0.4, 0.5) is 8.78 Å². The van der Waals surface area contributed by atoms with E-state index in [1.807, 2.05) is 19.1 Å². The molecule has 0 saturated heterocycles. The summed E-state index contributed by atoms with van der Waals surface area (Å²) >= 11 is 0. The lowest BCUT2D eigenvalue weighted by Crippen LogP contribution is -2.25. The summed E-state index contributed by atoms with van der Waals surface area (Å²) in [7, 11) is 0. The van der Waals surface area contributed by atoms with Crippen molar-refractivity contribution >= 4 is 16.9 Å². The van der Waals surface area contributed by atoms with Crippen LogP contribution in [0.5, 0.6) is 0 Å². The molecular weight excluding hydrogens is 472 g/mol. The molecule has 0 atom stereocenters. The lowest BCUT2D eigenvalue weighted by Gasteiger charge is -2.17. The summed E-state index contributed by atoms with van der Waals surface area (Å²) in [6.07, 6.45) is 6.23. The second-order valence-corrected chi connectivity index (χ2v) is 8.67. The quantitative estimate of drug-likeness (QED) is 0.284. The Morgan fingerprint density at radius 3 is 2.14 bits per heavy atom. The smallest absolute Gasteiger partial charge is 0.221 e. The summed E-state index contributed by atoms with van der Waals surface area (Å²) in [6.45, 7) is 2.96. The molecule has 8 heteroatoms. The van der Waals surface area contributed by atoms with Gasteiger partial charge < -0.3 is 5.32 Å². The van der Waals surface area contributed by atoms with Crippen molar-refractivity contribution in [2.75, 3.05) is 6.54 Å². The molecule has 0 saturated carbocycles. The number of halogens is 2. The maximum absolute atomic E-state index is 13.9. The molecule has 5 rings (SSSR count). The molecule has 186 valence electrons. The van der Waals surface area contributed by atoms with Crippen LogP contribution in [0.1, 0.15) is 19.8 Å². The summed E-state index contributed by atoms with van der Waals surface area (Å²) in [6, 6.07) is 16.2. The third-order valence-electron chi connectivity index (χ3n) is 6.13. The minimum Gasteiger partial charge on any atom is -0.356 e. The summed E-state index contributed by atoms with van der Waals surface area (Å²) in [5.74, 6) is -0.749. The highest BCUT2D eigenvalue weighted by Crippen LogP contribution is 2.43. The lowest BCUT2D eigenvalue weighted by molar-refractivity contribution is -0.121. The van der Waals surface area contributed by atoms with Gasteiger partial charge in [0.15, 0.2) is 5.65 Å². The van der Waals surface area contributed by atoms with Crippen molar-refractivity contribution in [1.29, 1.82) is 0 Å². The molecule has 3 heterocycles. The Labute approximate surface area is 213 Å². The fraction of sp³-hybridized carbons (Fsp3) is 0.172. The fourth-order valence-electron chi connectivity index (χ4n) is 4.34. The number of benzene rings is 2. The maximum Gasteiger partial charge on any atom is 0.221 e. The molecule has 1 N–H and O–H groups in total. The first-order chi connectivity index (χ1) is 18.0. The van der Waals surface area contributed by atoms with Crippen molar-refractivity contribution < 1.29 is 13.6 Å². The van der Waals surface area contributed by atoms with Crippen molar-refractivity contribution in [3.05, 3.63) is 90.9 Å². The van der Waals surface area contributed by atoms with Crippen LogP contribution in [-0.4, -0.2) is 32.2 Å². The van der Waals surface area contributed by atoms with E-state index >= 15 is 0 Å². The predicted molar refractivity (Wildman–Crippen MR) is 139 cm³/mol. The van der Waals surface area contributed by atoms with Crippen molar-refractivity contribution in [3.8, 4) is 33.5 Å². The number of carbonyl (C=O) groups excluding carboxylic acids is 1. The van der Waals surface area contributed by atoms with E-state index in [0.717, 1.165) is 34.1 Å². The van der Waals surface area contributed by atoms with Gasteiger partial charge in [-0.2, -0.15) is 5.10 Å². The van der Waals surface area contributed by atoms with E-state index < -0.39 is 0 Å². The number of rotatable bonds is 8. The topological polar surface area (TPSA) is 72.7 Å². The highest BCUT2D eigenvalue weighted by Gasteiger charge is 2.22. The Morgan fingerprint density at radius 2 is 1.49 bits per heavy atom. The zero-order chi connectivity index (χ0) is 25.8. The van der Waals surface area contributed by atoms with Crippen LogP contribution in [0.15, 0.2) is 79.3 Å². The van der Waals surface area contributed by atoms with Crippen LogP contribution in [0, 0.1) is 11.6 Å². The van der Waals surface area contributed by atoms with Gasteiger partial charge in [-0.05, 0) is 66.1 Å². The Balaban J connectivity index is 1.76. The zero-order valence-corrected chi connectivity index (χ0v) is 20.3. The fourth-order valence-corrected chi connectivity index (χ4v) is 4.34. The van der Waals surface area contributed by atoms with E-state index in [0.29, 0.717) is 30.0 Å². The number of carbonyl (C=O) groups is 1. The average Bonchev–Trinajstić information content (AvgIpc) is 3.34. The van der Waals surface area contributed by atoms with Crippen molar-refractivity contribution in [2.45, 2.75) is 26.3 Å². The van der Waals surface area contributed by atoms with Crippen LogP contribution in [0.3, 0.4) is 0 Å². The second kappa shape index (κ2) is 10.7. The van der Waals surface area contributed by atoms with Crippen molar-refractivity contribution in [3.63, 3.8) is 0 Å². The van der Waals surface area contributed by atoms with Gasteiger partial charge in [-0.3, -0.25) is 9.78 Å². The number of nitrogens with zero attached hydrogens (tertiary/aromatic N) is 4. The first-order valence-electron chi connectivity index (χ1n) is 12.1. The molecular formula is C29H25F2N5O. The molecule has 0 aliphatic rings. The molecule has 3 aromatic heterocycles. The lowest BCUT2D eigenvalue weighted by atomic mass is 9.89. The average molecular weight is 498 g/mol. The van der Waals surface area contributed by atoms with Crippen LogP contribution >= 0.6 is 0 Å². The monoisotopic (exact) mass is 497 g/mol. The van der Waals surface area contributed by atoms with Gasteiger partial charge in [-0.15, -0.1) is 0 Å².